The first-order valence-corrected chi connectivity index (χ1v) is 13.8. The molecule has 0 atom stereocenters. The Bertz CT molecular complexity index is 1180. The van der Waals surface area contributed by atoms with E-state index in [1.165, 1.54) is 19.2 Å². The number of sulfonamides is 1. The minimum absolute atomic E-state index is 0.0580. The van der Waals surface area contributed by atoms with Gasteiger partial charge in [-0.15, -0.1) is 0 Å². The number of nitrogens with one attached hydrogen (secondary N) is 3. The second kappa shape index (κ2) is 14.2. The van der Waals surface area contributed by atoms with E-state index in [9.17, 15) is 18.0 Å². The Balaban J connectivity index is 2.20. The molecule has 2 aromatic carbocycles. The zero-order valence-electron chi connectivity index (χ0n) is 21.8. The van der Waals surface area contributed by atoms with Gasteiger partial charge >= 0.3 is 12.0 Å². The summed E-state index contributed by atoms with van der Waals surface area (Å²) in [5.41, 5.74) is 1.38. The number of ether oxygens (including phenoxy) is 4. The van der Waals surface area contributed by atoms with E-state index in [-0.39, 0.29) is 17.8 Å². The molecule has 0 aliphatic rings. The Hall–Kier alpha value is -3.67. The van der Waals surface area contributed by atoms with Crippen LogP contribution in [0.4, 0.5) is 16.2 Å². The fourth-order valence-corrected chi connectivity index (χ4v) is 3.82. The number of esters is 1. The van der Waals surface area contributed by atoms with Crippen LogP contribution in [-0.2, 0) is 21.3 Å². The van der Waals surface area contributed by atoms with Gasteiger partial charge < -0.3 is 29.6 Å². The molecule has 0 saturated heterocycles. The van der Waals surface area contributed by atoms with Gasteiger partial charge in [-0.2, -0.15) is 0 Å². The van der Waals surface area contributed by atoms with Crippen LogP contribution in [0.25, 0.3) is 0 Å². The standard InChI is InChI=1S/C25H35N3O8S/c1-6-9-12-36-21-11-10-18(14-19(21)24(29)33-4)27-25(30)26-16-17-13-23(35-8-3)20(28-37(5,31)32)15-22(17)34-7-2/h10-11,13-15,28H,6-9,12,16H2,1-5H3,(H2,26,27,30). The molecule has 0 aromatic heterocycles. The molecule has 37 heavy (non-hydrogen) atoms. The van der Waals surface area contributed by atoms with Crippen LogP contribution in [0.2, 0.25) is 0 Å². The van der Waals surface area contributed by atoms with Crippen LogP contribution in [0.1, 0.15) is 49.5 Å². The average molecular weight is 538 g/mol. The third kappa shape index (κ3) is 9.37. The van der Waals surface area contributed by atoms with Crippen molar-refractivity contribution in [3.05, 3.63) is 41.5 Å². The molecule has 0 spiro atoms. The number of carbonyl (C=O) groups is 2. The maximum absolute atomic E-state index is 12.6. The first-order valence-electron chi connectivity index (χ1n) is 11.9. The van der Waals surface area contributed by atoms with Crippen molar-refractivity contribution in [2.75, 3.05) is 43.2 Å². The summed E-state index contributed by atoms with van der Waals surface area (Å²) in [4.78, 5) is 24.8. The number of rotatable bonds is 14. The molecular formula is C25H35N3O8S. The van der Waals surface area contributed by atoms with Crippen LogP contribution >= 0.6 is 0 Å². The van der Waals surface area contributed by atoms with E-state index in [4.69, 9.17) is 18.9 Å². The molecule has 3 N–H and O–H groups in total. The number of hydrogen-bond donors (Lipinski definition) is 3. The first-order chi connectivity index (χ1) is 17.6. The van der Waals surface area contributed by atoms with Crippen molar-refractivity contribution in [3.8, 4) is 17.2 Å². The van der Waals surface area contributed by atoms with Crippen molar-refractivity contribution in [1.29, 1.82) is 0 Å². The highest BCUT2D eigenvalue weighted by molar-refractivity contribution is 7.92. The van der Waals surface area contributed by atoms with Crippen LogP contribution < -0.4 is 29.6 Å². The summed E-state index contributed by atoms with van der Waals surface area (Å²) in [5, 5.41) is 5.41. The number of benzene rings is 2. The summed E-state index contributed by atoms with van der Waals surface area (Å²) < 4.78 is 47.7. The van der Waals surface area contributed by atoms with Crippen molar-refractivity contribution < 1.29 is 37.0 Å². The predicted molar refractivity (Wildman–Crippen MR) is 141 cm³/mol. The average Bonchev–Trinajstić information content (AvgIpc) is 2.84. The summed E-state index contributed by atoms with van der Waals surface area (Å²) in [6.45, 7) is 6.74. The molecule has 11 nitrogen and oxygen atoms in total. The Morgan fingerprint density at radius 2 is 1.62 bits per heavy atom. The molecule has 0 fully saturated rings. The molecule has 0 aliphatic heterocycles. The van der Waals surface area contributed by atoms with E-state index in [0.717, 1.165) is 19.1 Å². The number of urea groups is 1. The molecule has 0 saturated carbocycles. The SMILES string of the molecule is CCCCOc1ccc(NC(=O)NCc2cc(OCC)c(NS(C)(=O)=O)cc2OCC)cc1C(=O)OC. The van der Waals surface area contributed by atoms with Gasteiger partial charge in [-0.25, -0.2) is 18.0 Å². The van der Waals surface area contributed by atoms with Crippen LogP contribution in [0, 0.1) is 0 Å². The molecule has 0 aliphatic carbocycles. The normalized spacial score (nSPS) is 10.8. The van der Waals surface area contributed by atoms with Crippen LogP contribution in [-0.4, -0.2) is 53.6 Å². The summed E-state index contributed by atoms with van der Waals surface area (Å²) in [5.74, 6) is 0.482. The summed E-state index contributed by atoms with van der Waals surface area (Å²) in [6, 6.07) is 7.31. The summed E-state index contributed by atoms with van der Waals surface area (Å²) in [7, 11) is -2.28. The van der Waals surface area contributed by atoms with E-state index in [1.807, 2.05) is 6.92 Å². The Morgan fingerprint density at radius 1 is 0.919 bits per heavy atom. The van der Waals surface area contributed by atoms with Gasteiger partial charge in [-0.3, -0.25) is 4.72 Å². The summed E-state index contributed by atoms with van der Waals surface area (Å²) in [6.07, 6.45) is 2.82. The maximum atomic E-state index is 12.6. The number of unbranched alkanes of at least 4 members (excludes halogenated alkanes) is 1. The van der Waals surface area contributed by atoms with Crippen LogP contribution in [0.3, 0.4) is 0 Å². The topological polar surface area (TPSA) is 141 Å². The van der Waals surface area contributed by atoms with Crippen LogP contribution in [0.15, 0.2) is 30.3 Å². The minimum Gasteiger partial charge on any atom is -0.493 e. The van der Waals surface area contributed by atoms with Gasteiger partial charge in [-0.1, -0.05) is 13.3 Å². The molecular weight excluding hydrogens is 502 g/mol. The second-order valence-corrected chi connectivity index (χ2v) is 9.66. The molecule has 0 bridgehead atoms. The Labute approximate surface area is 217 Å². The number of methoxy groups -OCH3 is 1. The van der Waals surface area contributed by atoms with E-state index in [1.54, 1.807) is 32.0 Å². The lowest BCUT2D eigenvalue weighted by molar-refractivity contribution is 0.0596. The largest absolute Gasteiger partial charge is 0.493 e. The maximum Gasteiger partial charge on any atom is 0.341 e. The van der Waals surface area contributed by atoms with Crippen molar-refractivity contribution in [3.63, 3.8) is 0 Å². The quantitative estimate of drug-likeness (QED) is 0.241. The first kappa shape index (κ1) is 29.6. The van der Waals surface area contributed by atoms with Gasteiger partial charge in [0.25, 0.3) is 0 Å². The van der Waals surface area contributed by atoms with Gasteiger partial charge in [0.15, 0.2) is 0 Å². The summed E-state index contributed by atoms with van der Waals surface area (Å²) >= 11 is 0. The van der Waals surface area contributed by atoms with E-state index < -0.39 is 22.0 Å². The molecule has 2 rings (SSSR count). The molecule has 0 radical (unpaired) electrons. The number of hydrogen-bond acceptors (Lipinski definition) is 8. The third-order valence-corrected chi connectivity index (χ3v) is 5.49. The van der Waals surface area contributed by atoms with E-state index in [0.29, 0.717) is 48.3 Å². The lowest BCUT2D eigenvalue weighted by Gasteiger charge is -2.18. The molecule has 2 amide bonds. The van der Waals surface area contributed by atoms with Gasteiger partial charge in [0.1, 0.15) is 22.8 Å². The lowest BCUT2D eigenvalue weighted by atomic mass is 10.1. The van der Waals surface area contributed by atoms with Crippen molar-refractivity contribution >= 4 is 33.4 Å². The highest BCUT2D eigenvalue weighted by atomic mass is 32.2. The highest BCUT2D eigenvalue weighted by Gasteiger charge is 2.17. The predicted octanol–water partition coefficient (Wildman–Crippen LogP) is 4.14. The lowest BCUT2D eigenvalue weighted by Crippen LogP contribution is -2.28. The number of carbonyl (C=O) groups excluding carboxylic acids is 2. The molecule has 0 unspecified atom stereocenters. The Morgan fingerprint density at radius 3 is 2.24 bits per heavy atom. The molecule has 204 valence electrons. The smallest absolute Gasteiger partial charge is 0.341 e. The third-order valence-electron chi connectivity index (χ3n) is 4.90. The fraction of sp³-hybridized carbons (Fsp3) is 0.440. The highest BCUT2D eigenvalue weighted by Crippen LogP contribution is 2.34. The van der Waals surface area contributed by atoms with Gasteiger partial charge in [0.05, 0.1) is 38.9 Å². The second-order valence-electron chi connectivity index (χ2n) is 7.91. The van der Waals surface area contributed by atoms with Crippen molar-refractivity contribution in [2.45, 2.75) is 40.2 Å². The molecule has 0 heterocycles. The van der Waals surface area contributed by atoms with Crippen molar-refractivity contribution in [1.82, 2.24) is 5.32 Å². The van der Waals surface area contributed by atoms with E-state index >= 15 is 0 Å². The molecule has 12 heteroatoms. The Kier molecular flexibility index (Phi) is 11.3. The van der Waals surface area contributed by atoms with E-state index in [2.05, 4.69) is 15.4 Å². The minimum atomic E-state index is -3.55. The van der Waals surface area contributed by atoms with Gasteiger partial charge in [0.2, 0.25) is 10.0 Å². The van der Waals surface area contributed by atoms with Gasteiger partial charge in [0, 0.05) is 23.9 Å². The fourth-order valence-electron chi connectivity index (χ4n) is 3.26. The zero-order chi connectivity index (χ0) is 27.4. The van der Waals surface area contributed by atoms with Gasteiger partial charge in [-0.05, 0) is 44.5 Å². The zero-order valence-corrected chi connectivity index (χ0v) is 22.6. The molecule has 2 aromatic rings. The number of anilines is 2. The monoisotopic (exact) mass is 537 g/mol. The van der Waals surface area contributed by atoms with Crippen LogP contribution in [0.5, 0.6) is 17.2 Å². The van der Waals surface area contributed by atoms with Crippen molar-refractivity contribution in [2.24, 2.45) is 0 Å². The number of amides is 2.